The Morgan fingerprint density at radius 3 is 1.08 bits per heavy atom. The quantitative estimate of drug-likeness (QED) is 0.0320. The van der Waals surface area contributed by atoms with Gasteiger partial charge in [-0.15, -0.1) is 0 Å². The minimum Gasteiger partial charge on any atom is -0.466 e. The van der Waals surface area contributed by atoms with Crippen molar-refractivity contribution in [2.75, 3.05) is 13.2 Å². The first-order valence-electron chi connectivity index (χ1n) is 32.7. The average Bonchev–Trinajstić information content (AvgIpc) is 3.39. The summed E-state index contributed by atoms with van der Waals surface area (Å²) in [5, 5.41) is 23.3. The molecule has 0 rings (SSSR count). The Morgan fingerprint density at radius 2 is 0.699 bits per heavy atom. The van der Waals surface area contributed by atoms with Gasteiger partial charge in [0.1, 0.15) is 0 Å². The minimum absolute atomic E-state index is 0.0190. The second-order valence-corrected chi connectivity index (χ2v) is 22.4. The molecule has 0 spiro atoms. The molecule has 0 radical (unpaired) electrons. The van der Waals surface area contributed by atoms with E-state index in [1.165, 1.54) is 263 Å². The largest absolute Gasteiger partial charge is 0.466 e. The molecule has 0 aliphatic heterocycles. The molecule has 73 heavy (non-hydrogen) atoms. The van der Waals surface area contributed by atoms with Gasteiger partial charge in [-0.25, -0.2) is 0 Å². The number of rotatable bonds is 61. The number of carbonyl (C=O) groups is 2. The molecule has 6 heteroatoms. The lowest BCUT2D eigenvalue weighted by Crippen LogP contribution is -2.45. The van der Waals surface area contributed by atoms with Crippen LogP contribution in [0.15, 0.2) is 36.5 Å². The number of hydrogen-bond acceptors (Lipinski definition) is 5. The fourth-order valence-corrected chi connectivity index (χ4v) is 10.2. The summed E-state index contributed by atoms with van der Waals surface area (Å²) in [4.78, 5) is 24.6. The summed E-state index contributed by atoms with van der Waals surface area (Å²) in [5.41, 5.74) is 0. The molecule has 0 bridgehead atoms. The molecular formula is C67H127NO5. The summed E-state index contributed by atoms with van der Waals surface area (Å²) >= 11 is 0. The number of amides is 1. The highest BCUT2D eigenvalue weighted by Crippen LogP contribution is 2.18. The Kier molecular flexibility index (Phi) is 61.0. The van der Waals surface area contributed by atoms with E-state index >= 15 is 0 Å². The van der Waals surface area contributed by atoms with E-state index in [0.717, 1.165) is 51.4 Å². The maximum absolute atomic E-state index is 12.5. The van der Waals surface area contributed by atoms with Crippen LogP contribution in [-0.4, -0.2) is 47.4 Å². The standard InChI is InChI=1S/C67H127NO5/c1-3-5-7-9-11-13-15-17-19-21-23-24-25-26-27-28-29-30-32-35-39-43-47-51-55-59-65(70)64(63-69)68-66(71)60-56-52-48-44-40-36-34-38-42-46-50-54-58-62-73-67(72)61-57-53-49-45-41-37-33-31-22-20-18-16-14-12-10-8-6-4-2/h20,22,36,40,48,52,64-65,69-70H,3-19,21,23-35,37-39,41-47,49-51,53-63H2,1-2H3,(H,68,71)/b22-20-,40-36-,52-48-. The van der Waals surface area contributed by atoms with Crippen molar-refractivity contribution in [2.45, 2.75) is 366 Å². The Morgan fingerprint density at radius 1 is 0.384 bits per heavy atom. The van der Waals surface area contributed by atoms with E-state index in [1.54, 1.807) is 0 Å². The van der Waals surface area contributed by atoms with E-state index in [-0.39, 0.29) is 18.5 Å². The lowest BCUT2D eigenvalue weighted by Gasteiger charge is -2.22. The number of hydrogen-bond donors (Lipinski definition) is 3. The number of ether oxygens (including phenoxy) is 1. The van der Waals surface area contributed by atoms with E-state index in [9.17, 15) is 19.8 Å². The van der Waals surface area contributed by atoms with Gasteiger partial charge in [-0.05, 0) is 70.6 Å². The first-order chi connectivity index (χ1) is 36.0. The molecule has 0 fully saturated rings. The summed E-state index contributed by atoms with van der Waals surface area (Å²) < 4.78 is 5.48. The number of allylic oxidation sites excluding steroid dienone is 6. The van der Waals surface area contributed by atoms with E-state index in [4.69, 9.17) is 4.74 Å². The van der Waals surface area contributed by atoms with Gasteiger partial charge in [0.05, 0.1) is 25.4 Å². The molecule has 2 unspecified atom stereocenters. The van der Waals surface area contributed by atoms with Gasteiger partial charge >= 0.3 is 5.97 Å². The van der Waals surface area contributed by atoms with Crippen molar-refractivity contribution in [1.82, 2.24) is 5.32 Å². The molecule has 1 amide bonds. The van der Waals surface area contributed by atoms with Crippen LogP contribution in [0.5, 0.6) is 0 Å². The van der Waals surface area contributed by atoms with Crippen molar-refractivity contribution in [3.8, 4) is 0 Å². The summed E-state index contributed by atoms with van der Waals surface area (Å²) in [5.74, 6) is -0.131. The van der Waals surface area contributed by atoms with Crippen molar-refractivity contribution in [1.29, 1.82) is 0 Å². The second kappa shape index (κ2) is 62.6. The Balaban J connectivity index is 3.51. The van der Waals surface area contributed by atoms with Crippen molar-refractivity contribution < 1.29 is 24.5 Å². The van der Waals surface area contributed by atoms with Crippen molar-refractivity contribution in [2.24, 2.45) is 0 Å². The zero-order valence-electron chi connectivity index (χ0n) is 49.1. The Hall–Kier alpha value is -1.92. The normalized spacial score (nSPS) is 12.8. The summed E-state index contributed by atoms with van der Waals surface area (Å²) in [6.45, 7) is 4.91. The van der Waals surface area contributed by atoms with Crippen molar-refractivity contribution >= 4 is 11.9 Å². The zero-order valence-corrected chi connectivity index (χ0v) is 49.1. The third-order valence-corrected chi connectivity index (χ3v) is 15.2. The molecule has 0 aliphatic carbocycles. The molecule has 430 valence electrons. The summed E-state index contributed by atoms with van der Waals surface area (Å²) in [6, 6.07) is -0.588. The lowest BCUT2D eigenvalue weighted by atomic mass is 10.0. The van der Waals surface area contributed by atoms with Gasteiger partial charge in [0.2, 0.25) is 5.91 Å². The average molecular weight is 1030 g/mol. The maximum Gasteiger partial charge on any atom is 0.305 e. The molecular weight excluding hydrogens is 899 g/mol. The molecule has 0 saturated carbocycles. The van der Waals surface area contributed by atoms with E-state index in [0.29, 0.717) is 32.3 Å². The van der Waals surface area contributed by atoms with Crippen molar-refractivity contribution in [3.63, 3.8) is 0 Å². The third kappa shape index (κ3) is 59.2. The fraction of sp³-hybridized carbons (Fsp3) is 0.881. The second-order valence-electron chi connectivity index (χ2n) is 22.4. The molecule has 0 aromatic carbocycles. The predicted octanol–water partition coefficient (Wildman–Crippen LogP) is 20.8. The first-order valence-corrected chi connectivity index (χ1v) is 32.7. The van der Waals surface area contributed by atoms with E-state index < -0.39 is 12.1 Å². The number of unbranched alkanes of at least 4 members (excludes halogenated alkanes) is 44. The number of aliphatic hydroxyl groups is 2. The number of esters is 1. The van der Waals surface area contributed by atoms with Gasteiger partial charge in [-0.1, -0.05) is 307 Å². The smallest absolute Gasteiger partial charge is 0.305 e. The van der Waals surface area contributed by atoms with Crippen LogP contribution in [0.1, 0.15) is 354 Å². The van der Waals surface area contributed by atoms with Gasteiger partial charge in [-0.2, -0.15) is 0 Å². The topological polar surface area (TPSA) is 95.9 Å². The van der Waals surface area contributed by atoms with Crippen LogP contribution in [0.2, 0.25) is 0 Å². The molecule has 0 saturated heterocycles. The summed E-state index contributed by atoms with van der Waals surface area (Å²) in [6.07, 6.45) is 78.9. The van der Waals surface area contributed by atoms with Crippen LogP contribution in [0.3, 0.4) is 0 Å². The van der Waals surface area contributed by atoms with E-state index in [2.05, 4.69) is 55.6 Å². The lowest BCUT2D eigenvalue weighted by molar-refractivity contribution is -0.143. The third-order valence-electron chi connectivity index (χ3n) is 15.2. The Bertz CT molecular complexity index is 1180. The monoisotopic (exact) mass is 1030 g/mol. The summed E-state index contributed by atoms with van der Waals surface area (Å²) in [7, 11) is 0. The zero-order chi connectivity index (χ0) is 52.9. The van der Waals surface area contributed by atoms with Gasteiger partial charge in [0.25, 0.3) is 0 Å². The van der Waals surface area contributed by atoms with Crippen LogP contribution in [-0.2, 0) is 14.3 Å². The van der Waals surface area contributed by atoms with Gasteiger partial charge in [0.15, 0.2) is 0 Å². The van der Waals surface area contributed by atoms with E-state index in [1.807, 2.05) is 0 Å². The number of nitrogens with one attached hydrogen (secondary N) is 1. The van der Waals surface area contributed by atoms with Gasteiger partial charge in [-0.3, -0.25) is 9.59 Å². The fourth-order valence-electron chi connectivity index (χ4n) is 10.2. The van der Waals surface area contributed by atoms with Gasteiger partial charge in [0, 0.05) is 12.8 Å². The number of carbonyl (C=O) groups excluding carboxylic acids is 2. The highest BCUT2D eigenvalue weighted by molar-refractivity contribution is 5.76. The molecule has 0 aliphatic rings. The van der Waals surface area contributed by atoms with Crippen molar-refractivity contribution in [3.05, 3.63) is 36.5 Å². The number of aliphatic hydroxyl groups excluding tert-OH is 2. The van der Waals surface area contributed by atoms with Crippen LogP contribution in [0.4, 0.5) is 0 Å². The first kappa shape index (κ1) is 71.1. The highest BCUT2D eigenvalue weighted by atomic mass is 16.5. The highest BCUT2D eigenvalue weighted by Gasteiger charge is 2.20. The van der Waals surface area contributed by atoms with Crippen LogP contribution >= 0.6 is 0 Å². The molecule has 0 aromatic heterocycles. The maximum atomic E-state index is 12.5. The molecule has 2 atom stereocenters. The van der Waals surface area contributed by atoms with Crippen LogP contribution in [0, 0.1) is 0 Å². The molecule has 6 nitrogen and oxygen atoms in total. The van der Waals surface area contributed by atoms with Crippen LogP contribution < -0.4 is 5.32 Å². The SMILES string of the molecule is CCCCCCCCC/C=C\CCCCCCCCCC(=O)OCCCCCCCC/C=C\C/C=C\CCC(=O)NC(CO)C(O)CCCCCCCCCCCCCCCCCCCCCCCCCCC. The minimum atomic E-state index is -0.701. The van der Waals surface area contributed by atoms with Crippen LogP contribution in [0.25, 0.3) is 0 Å². The predicted molar refractivity (Wildman–Crippen MR) is 319 cm³/mol. The Labute approximate surface area is 455 Å². The molecule has 0 aromatic rings. The molecule has 0 heterocycles. The van der Waals surface area contributed by atoms with Gasteiger partial charge < -0.3 is 20.3 Å². The molecule has 3 N–H and O–H groups in total.